The van der Waals surface area contributed by atoms with Gasteiger partial charge in [0.2, 0.25) is 0 Å². The number of rotatable bonds is 3. The van der Waals surface area contributed by atoms with E-state index in [9.17, 15) is 9.59 Å². The molecule has 25 heavy (non-hydrogen) atoms. The van der Waals surface area contributed by atoms with Crippen LogP contribution in [0.25, 0.3) is 0 Å². The fourth-order valence-electron chi connectivity index (χ4n) is 2.93. The highest BCUT2D eigenvalue weighted by atomic mass is 32.1. The zero-order chi connectivity index (χ0) is 18.3. The highest BCUT2D eigenvalue weighted by molar-refractivity contribution is 7.80. The van der Waals surface area contributed by atoms with E-state index in [2.05, 4.69) is 24.5 Å². The summed E-state index contributed by atoms with van der Waals surface area (Å²) in [7, 11) is 0. The average molecular weight is 351 g/mol. The Labute approximate surface area is 150 Å². The Bertz CT molecular complexity index is 977. The number of nitrogens with two attached hydrogens (primary N) is 2. The number of nitrogen functional groups attached to an aromatic ring is 1. The molecule has 5 nitrogen and oxygen atoms in total. The highest BCUT2D eigenvalue weighted by Gasteiger charge is 2.34. The number of hydrogen-bond acceptors (Lipinski definition) is 6. The van der Waals surface area contributed by atoms with Gasteiger partial charge in [0.1, 0.15) is 0 Å². The molecular weight excluding hydrogens is 334 g/mol. The van der Waals surface area contributed by atoms with Crippen molar-refractivity contribution < 1.29 is 9.59 Å². The van der Waals surface area contributed by atoms with Crippen LogP contribution in [0.3, 0.4) is 0 Å². The number of benzene rings is 2. The molecule has 0 bridgehead atoms. The molecule has 126 valence electrons. The molecule has 0 saturated heterocycles. The first kappa shape index (κ1) is 16.9. The number of fused-ring (bicyclic) bond motifs is 2. The first-order valence-corrected chi connectivity index (χ1v) is 7.99. The lowest BCUT2D eigenvalue weighted by molar-refractivity contribution is 0.0980. The summed E-state index contributed by atoms with van der Waals surface area (Å²) in [6.07, 6.45) is 1.63. The molecule has 0 saturated carbocycles. The van der Waals surface area contributed by atoms with Crippen molar-refractivity contribution in [2.24, 2.45) is 5.73 Å². The minimum Gasteiger partial charge on any atom is -0.399 e. The largest absolute Gasteiger partial charge is 0.399 e. The van der Waals surface area contributed by atoms with Crippen LogP contribution in [-0.4, -0.2) is 11.6 Å². The Kier molecular flexibility index (Phi) is 4.14. The normalized spacial score (nSPS) is 13.3. The van der Waals surface area contributed by atoms with Gasteiger partial charge in [-0.2, -0.15) is 0 Å². The fraction of sp³-hybridized carbons (Fsp3) is 0.0526. The van der Waals surface area contributed by atoms with Crippen molar-refractivity contribution in [1.29, 1.82) is 0 Å². The van der Waals surface area contributed by atoms with E-state index in [-0.39, 0.29) is 28.4 Å². The van der Waals surface area contributed by atoms with Gasteiger partial charge >= 0.3 is 0 Å². The summed E-state index contributed by atoms with van der Waals surface area (Å²) in [4.78, 5) is 26.3. The SMILES string of the molecule is C=C(N)/C=C(\C)Nc1cc(S)c(N)c2c1C(=O)c1ccccc1C2=O. The van der Waals surface area contributed by atoms with E-state index >= 15 is 0 Å². The standard InChI is InChI=1S/C19H17N3O2S/c1-9(20)7-10(2)22-13-8-14(25)17(21)16-15(13)18(23)11-5-3-4-6-12(11)19(16)24/h3-8,22,25H,1,20-21H2,2H3/b10-7+. The van der Waals surface area contributed by atoms with E-state index in [1.807, 2.05) is 0 Å². The maximum Gasteiger partial charge on any atom is 0.196 e. The molecule has 0 unspecified atom stereocenters. The second-order valence-corrected chi connectivity index (χ2v) is 6.32. The van der Waals surface area contributed by atoms with Crippen molar-refractivity contribution in [3.05, 3.63) is 76.6 Å². The number of nitrogens with one attached hydrogen (secondary N) is 1. The van der Waals surface area contributed by atoms with Gasteiger partial charge in [-0.15, -0.1) is 12.6 Å². The lowest BCUT2D eigenvalue weighted by Gasteiger charge is -2.23. The summed E-state index contributed by atoms with van der Waals surface area (Å²) in [6.45, 7) is 5.40. The molecular formula is C19H17N3O2S. The van der Waals surface area contributed by atoms with Crippen molar-refractivity contribution in [3.63, 3.8) is 0 Å². The Morgan fingerprint density at radius 3 is 2.28 bits per heavy atom. The summed E-state index contributed by atoms with van der Waals surface area (Å²) in [5, 5.41) is 3.09. The van der Waals surface area contributed by atoms with Crippen molar-refractivity contribution in [2.45, 2.75) is 11.8 Å². The summed E-state index contributed by atoms with van der Waals surface area (Å²) in [5.74, 6) is -0.543. The number of carbonyl (C=O) groups is 2. The average Bonchev–Trinajstić information content (AvgIpc) is 2.55. The molecule has 0 atom stereocenters. The fourth-order valence-corrected chi connectivity index (χ4v) is 3.17. The molecule has 1 aliphatic rings. The van der Waals surface area contributed by atoms with Crippen LogP contribution in [0, 0.1) is 0 Å². The third kappa shape index (κ3) is 2.81. The smallest absolute Gasteiger partial charge is 0.196 e. The zero-order valence-electron chi connectivity index (χ0n) is 13.6. The van der Waals surface area contributed by atoms with Crippen LogP contribution in [0.2, 0.25) is 0 Å². The Morgan fingerprint density at radius 2 is 1.72 bits per heavy atom. The quantitative estimate of drug-likeness (QED) is 0.330. The van der Waals surface area contributed by atoms with Gasteiger partial charge in [0, 0.05) is 27.4 Å². The molecule has 1 aliphatic carbocycles. The van der Waals surface area contributed by atoms with Gasteiger partial charge in [-0.3, -0.25) is 9.59 Å². The van der Waals surface area contributed by atoms with E-state index < -0.39 is 0 Å². The monoisotopic (exact) mass is 351 g/mol. The van der Waals surface area contributed by atoms with Crippen LogP contribution in [0.5, 0.6) is 0 Å². The van der Waals surface area contributed by atoms with Crippen LogP contribution < -0.4 is 16.8 Å². The first-order chi connectivity index (χ1) is 11.8. The maximum absolute atomic E-state index is 13.0. The molecule has 3 rings (SSSR count). The summed E-state index contributed by atoms with van der Waals surface area (Å²) < 4.78 is 0. The molecule has 6 heteroatoms. The van der Waals surface area contributed by atoms with E-state index in [0.717, 1.165) is 0 Å². The maximum atomic E-state index is 13.0. The Morgan fingerprint density at radius 1 is 1.16 bits per heavy atom. The molecule has 0 heterocycles. The van der Waals surface area contributed by atoms with Crippen LogP contribution in [0.1, 0.15) is 38.8 Å². The number of carbonyl (C=O) groups excluding carboxylic acids is 2. The lowest BCUT2D eigenvalue weighted by Crippen LogP contribution is -2.24. The molecule has 0 fully saturated rings. The predicted molar refractivity (Wildman–Crippen MR) is 102 cm³/mol. The zero-order valence-corrected chi connectivity index (χ0v) is 14.5. The van der Waals surface area contributed by atoms with Gasteiger partial charge in [0.15, 0.2) is 11.6 Å². The Hall–Kier alpha value is -2.99. The summed E-state index contributed by atoms with van der Waals surface area (Å²) in [5.41, 5.74) is 14.5. The predicted octanol–water partition coefficient (Wildman–Crippen LogP) is 3.12. The van der Waals surface area contributed by atoms with Crippen LogP contribution in [0.4, 0.5) is 11.4 Å². The minimum atomic E-state index is -0.286. The van der Waals surface area contributed by atoms with Crippen molar-refractivity contribution in [3.8, 4) is 0 Å². The molecule has 0 amide bonds. The van der Waals surface area contributed by atoms with E-state index in [1.165, 1.54) is 0 Å². The van der Waals surface area contributed by atoms with E-state index in [1.54, 1.807) is 43.3 Å². The number of hydrogen-bond donors (Lipinski definition) is 4. The molecule has 0 spiro atoms. The van der Waals surface area contributed by atoms with Gasteiger partial charge in [-0.1, -0.05) is 30.8 Å². The van der Waals surface area contributed by atoms with Crippen molar-refractivity contribution in [1.82, 2.24) is 0 Å². The second kappa shape index (κ2) is 6.14. The van der Waals surface area contributed by atoms with Crippen molar-refractivity contribution in [2.75, 3.05) is 11.1 Å². The Balaban J connectivity index is 2.25. The van der Waals surface area contributed by atoms with Crippen LogP contribution >= 0.6 is 12.6 Å². The molecule has 2 aromatic rings. The van der Waals surface area contributed by atoms with Crippen LogP contribution in [-0.2, 0) is 0 Å². The first-order valence-electron chi connectivity index (χ1n) is 7.54. The molecule has 0 radical (unpaired) electrons. The number of allylic oxidation sites excluding steroid dienone is 2. The molecule has 0 aliphatic heterocycles. The van der Waals surface area contributed by atoms with E-state index in [4.69, 9.17) is 11.5 Å². The molecule has 0 aromatic heterocycles. The van der Waals surface area contributed by atoms with Crippen molar-refractivity contribution >= 4 is 35.6 Å². The van der Waals surface area contributed by atoms with Crippen LogP contribution in [0.15, 0.2) is 59.3 Å². The highest BCUT2D eigenvalue weighted by Crippen LogP contribution is 2.39. The van der Waals surface area contributed by atoms with Gasteiger partial charge < -0.3 is 16.8 Å². The van der Waals surface area contributed by atoms with Gasteiger partial charge in [0.25, 0.3) is 0 Å². The third-order valence-corrected chi connectivity index (χ3v) is 4.32. The summed E-state index contributed by atoms with van der Waals surface area (Å²) >= 11 is 4.34. The topological polar surface area (TPSA) is 98.2 Å². The third-order valence-electron chi connectivity index (χ3n) is 3.95. The van der Waals surface area contributed by atoms with Gasteiger partial charge in [-0.25, -0.2) is 0 Å². The second-order valence-electron chi connectivity index (χ2n) is 5.84. The molecule has 5 N–H and O–H groups in total. The van der Waals surface area contributed by atoms with Gasteiger partial charge in [-0.05, 0) is 19.1 Å². The summed E-state index contributed by atoms with van der Waals surface area (Å²) in [6, 6.07) is 8.33. The number of anilines is 2. The number of ketones is 2. The van der Waals surface area contributed by atoms with E-state index in [0.29, 0.717) is 33.1 Å². The minimum absolute atomic E-state index is 0.179. The van der Waals surface area contributed by atoms with Gasteiger partial charge in [0.05, 0.1) is 22.5 Å². The number of thiol groups is 1. The lowest BCUT2D eigenvalue weighted by atomic mass is 9.82. The molecule has 2 aromatic carbocycles.